The van der Waals surface area contributed by atoms with Crippen molar-refractivity contribution in [2.24, 2.45) is 0 Å². The Balaban J connectivity index is 1.48. The van der Waals surface area contributed by atoms with E-state index in [4.69, 9.17) is 10.5 Å². The highest BCUT2D eigenvalue weighted by molar-refractivity contribution is 6.06. The van der Waals surface area contributed by atoms with Crippen molar-refractivity contribution < 1.29 is 14.6 Å². The molecular formula is C25H26N6O3. The predicted molar refractivity (Wildman–Crippen MR) is 129 cm³/mol. The molecule has 1 aliphatic rings. The molecule has 0 aliphatic heterocycles. The topological polar surface area (TPSA) is 128 Å². The van der Waals surface area contributed by atoms with Crippen molar-refractivity contribution >= 4 is 23.1 Å². The number of nitrogens with two attached hydrogens (primary N) is 1. The summed E-state index contributed by atoms with van der Waals surface area (Å²) in [5.74, 6) is 2.12. The number of carbonyl (C=O) groups is 1. The number of rotatable bonds is 5. The fraction of sp³-hybridized carbons (Fsp3) is 0.280. The first-order valence-electron chi connectivity index (χ1n) is 11.3. The van der Waals surface area contributed by atoms with Gasteiger partial charge in [0.15, 0.2) is 0 Å². The smallest absolute Gasteiger partial charge is 0.260 e. The normalized spacial score (nSPS) is 18.1. The highest BCUT2D eigenvalue weighted by atomic mass is 16.5. The Bertz CT molecular complexity index is 1330. The second-order valence-electron chi connectivity index (χ2n) is 8.47. The van der Waals surface area contributed by atoms with Gasteiger partial charge in [-0.2, -0.15) is 0 Å². The Labute approximate surface area is 196 Å². The molecule has 1 amide bonds. The summed E-state index contributed by atoms with van der Waals surface area (Å²) in [5.41, 5.74) is 8.83. The summed E-state index contributed by atoms with van der Waals surface area (Å²) in [7, 11) is 1.52. The van der Waals surface area contributed by atoms with Crippen LogP contribution >= 0.6 is 0 Å². The summed E-state index contributed by atoms with van der Waals surface area (Å²) in [6.45, 7) is 0. The van der Waals surface area contributed by atoms with Crippen molar-refractivity contribution in [1.29, 1.82) is 0 Å². The van der Waals surface area contributed by atoms with Gasteiger partial charge in [0.1, 0.15) is 28.7 Å². The van der Waals surface area contributed by atoms with Crippen LogP contribution in [0.25, 0.3) is 16.8 Å². The maximum absolute atomic E-state index is 12.8. The van der Waals surface area contributed by atoms with E-state index in [9.17, 15) is 9.90 Å². The number of anilines is 2. The van der Waals surface area contributed by atoms with Crippen molar-refractivity contribution in [3.05, 3.63) is 66.4 Å². The number of fused-ring (bicyclic) bond motifs is 1. The van der Waals surface area contributed by atoms with Gasteiger partial charge in [-0.15, -0.1) is 0 Å². The Morgan fingerprint density at radius 1 is 1.18 bits per heavy atom. The number of benzene rings is 1. The van der Waals surface area contributed by atoms with Gasteiger partial charge in [-0.25, -0.2) is 15.0 Å². The summed E-state index contributed by atoms with van der Waals surface area (Å²) in [4.78, 5) is 26.1. The van der Waals surface area contributed by atoms with E-state index in [-0.39, 0.29) is 17.9 Å². The second kappa shape index (κ2) is 9.11. The molecule has 4 N–H and O–H groups in total. The van der Waals surface area contributed by atoms with E-state index in [1.54, 1.807) is 42.7 Å². The van der Waals surface area contributed by atoms with Crippen LogP contribution in [0.5, 0.6) is 5.75 Å². The van der Waals surface area contributed by atoms with Crippen LogP contribution in [0.3, 0.4) is 0 Å². The number of hydrogen-bond donors (Lipinski definition) is 3. The zero-order valence-corrected chi connectivity index (χ0v) is 18.8. The lowest BCUT2D eigenvalue weighted by molar-refractivity contribution is 0.102. The van der Waals surface area contributed by atoms with Gasteiger partial charge in [0.05, 0.1) is 30.7 Å². The Morgan fingerprint density at radius 3 is 2.74 bits per heavy atom. The van der Waals surface area contributed by atoms with E-state index in [0.717, 1.165) is 42.6 Å². The number of carbonyl (C=O) groups excluding carboxylic acids is 1. The fourth-order valence-corrected chi connectivity index (χ4v) is 4.47. The molecule has 1 aromatic carbocycles. The van der Waals surface area contributed by atoms with Gasteiger partial charge in [-0.1, -0.05) is 12.1 Å². The molecular weight excluding hydrogens is 432 g/mol. The molecule has 0 bridgehead atoms. The highest BCUT2D eigenvalue weighted by Gasteiger charge is 2.25. The molecule has 5 rings (SSSR count). The Kier molecular flexibility index (Phi) is 5.85. The van der Waals surface area contributed by atoms with Crippen LogP contribution in [0, 0.1) is 0 Å². The van der Waals surface area contributed by atoms with E-state index in [1.165, 1.54) is 7.11 Å². The predicted octanol–water partition coefficient (Wildman–Crippen LogP) is 3.65. The number of imidazole rings is 1. The molecule has 0 saturated heterocycles. The largest absolute Gasteiger partial charge is 0.496 e. The molecule has 0 unspecified atom stereocenters. The summed E-state index contributed by atoms with van der Waals surface area (Å²) < 4.78 is 7.51. The van der Waals surface area contributed by atoms with E-state index < -0.39 is 0 Å². The number of pyridine rings is 1. The maximum Gasteiger partial charge on any atom is 0.260 e. The van der Waals surface area contributed by atoms with E-state index in [0.29, 0.717) is 28.6 Å². The quantitative estimate of drug-likeness (QED) is 0.416. The fourth-order valence-electron chi connectivity index (χ4n) is 4.47. The number of amides is 1. The molecule has 34 heavy (non-hydrogen) atoms. The first kappa shape index (κ1) is 21.8. The first-order chi connectivity index (χ1) is 16.5. The van der Waals surface area contributed by atoms with Gasteiger partial charge in [0, 0.05) is 23.9 Å². The van der Waals surface area contributed by atoms with Crippen molar-refractivity contribution in [3.63, 3.8) is 0 Å². The molecule has 9 heteroatoms. The van der Waals surface area contributed by atoms with Crippen molar-refractivity contribution in [2.45, 2.75) is 37.7 Å². The number of nitrogens with one attached hydrogen (secondary N) is 1. The lowest BCUT2D eigenvalue weighted by Gasteiger charge is -2.24. The molecule has 1 aliphatic carbocycles. The lowest BCUT2D eigenvalue weighted by atomic mass is 9.87. The van der Waals surface area contributed by atoms with Crippen LogP contribution in [-0.2, 0) is 0 Å². The third kappa shape index (κ3) is 4.17. The molecule has 1 saturated carbocycles. The minimum Gasteiger partial charge on any atom is -0.496 e. The van der Waals surface area contributed by atoms with E-state index in [2.05, 4.69) is 20.3 Å². The molecule has 1 fully saturated rings. The molecule has 4 aromatic rings. The van der Waals surface area contributed by atoms with E-state index >= 15 is 0 Å². The molecule has 0 radical (unpaired) electrons. The van der Waals surface area contributed by atoms with Crippen LogP contribution in [0.1, 0.15) is 47.8 Å². The van der Waals surface area contributed by atoms with Gasteiger partial charge in [-0.3, -0.25) is 9.20 Å². The van der Waals surface area contributed by atoms with Crippen LogP contribution in [0.2, 0.25) is 0 Å². The van der Waals surface area contributed by atoms with Crippen LogP contribution in [0.4, 0.5) is 11.6 Å². The minimum atomic E-state index is -0.318. The molecule has 174 valence electrons. The number of aliphatic hydroxyl groups excluding tert-OH is 1. The Hall–Kier alpha value is -3.98. The Morgan fingerprint density at radius 2 is 2.00 bits per heavy atom. The number of ether oxygens (including phenoxy) is 1. The summed E-state index contributed by atoms with van der Waals surface area (Å²) in [5, 5.41) is 12.6. The first-order valence-corrected chi connectivity index (χ1v) is 11.3. The molecule has 9 nitrogen and oxygen atoms in total. The van der Waals surface area contributed by atoms with Crippen LogP contribution in [0.15, 0.2) is 55.0 Å². The monoisotopic (exact) mass is 458 g/mol. The second-order valence-corrected chi connectivity index (χ2v) is 8.47. The number of methoxy groups -OCH3 is 1. The van der Waals surface area contributed by atoms with Crippen molar-refractivity contribution in [3.8, 4) is 17.0 Å². The minimum absolute atomic E-state index is 0.231. The summed E-state index contributed by atoms with van der Waals surface area (Å²) in [6, 6.07) is 10.6. The number of aromatic nitrogens is 4. The third-order valence-corrected chi connectivity index (χ3v) is 6.29. The lowest BCUT2D eigenvalue weighted by Crippen LogP contribution is -2.18. The number of nitrogens with zero attached hydrogens (tertiary/aromatic N) is 4. The van der Waals surface area contributed by atoms with Gasteiger partial charge in [0.25, 0.3) is 5.91 Å². The van der Waals surface area contributed by atoms with Gasteiger partial charge in [0.2, 0.25) is 0 Å². The van der Waals surface area contributed by atoms with Crippen LogP contribution < -0.4 is 15.8 Å². The molecule has 3 heterocycles. The third-order valence-electron chi connectivity index (χ3n) is 6.29. The van der Waals surface area contributed by atoms with Gasteiger partial charge in [-0.05, 0) is 49.9 Å². The average Bonchev–Trinajstić information content (AvgIpc) is 3.29. The zero-order chi connectivity index (χ0) is 23.7. The van der Waals surface area contributed by atoms with Crippen molar-refractivity contribution in [1.82, 2.24) is 19.4 Å². The zero-order valence-electron chi connectivity index (χ0n) is 18.8. The average molecular weight is 459 g/mol. The standard InChI is InChI=1S/C25H26N6O3/c1-34-21-12-16(7-10-18(21)25(33)30-22-4-2-3-11-27-22)19-14-31-20(23(26)29-19)13-28-24(31)15-5-8-17(32)9-6-15/h2-4,7,10-15,17,32H,5-6,8-9H2,1H3,(H2,26,29)(H,27,30,33). The SMILES string of the molecule is COc1cc(-c2cn3c(C4CCC(O)CC4)ncc3c(N)n2)ccc1C(=O)Nc1ccccn1. The van der Waals surface area contributed by atoms with Gasteiger partial charge >= 0.3 is 0 Å². The molecule has 0 atom stereocenters. The maximum atomic E-state index is 12.8. The number of aliphatic hydroxyl groups is 1. The summed E-state index contributed by atoms with van der Waals surface area (Å²) in [6.07, 6.45) is 8.35. The summed E-state index contributed by atoms with van der Waals surface area (Å²) >= 11 is 0. The number of nitrogen functional groups attached to an aromatic ring is 1. The van der Waals surface area contributed by atoms with Gasteiger partial charge < -0.3 is 20.9 Å². The number of hydrogen-bond acceptors (Lipinski definition) is 7. The van der Waals surface area contributed by atoms with Crippen molar-refractivity contribution in [2.75, 3.05) is 18.2 Å². The van der Waals surface area contributed by atoms with E-state index in [1.807, 2.05) is 16.7 Å². The highest BCUT2D eigenvalue weighted by Crippen LogP contribution is 2.34. The molecule has 0 spiro atoms. The van der Waals surface area contributed by atoms with Crippen LogP contribution in [-0.4, -0.2) is 43.6 Å². The molecule has 3 aromatic heterocycles.